The highest BCUT2D eigenvalue weighted by Crippen LogP contribution is 2.18. The maximum absolute atomic E-state index is 12.8. The second kappa shape index (κ2) is 7.64. The minimum atomic E-state index is -0.121. The van der Waals surface area contributed by atoms with Crippen LogP contribution in [0.1, 0.15) is 5.56 Å². The van der Waals surface area contributed by atoms with Crippen molar-refractivity contribution in [3.05, 3.63) is 70.8 Å². The summed E-state index contributed by atoms with van der Waals surface area (Å²) in [6.07, 6.45) is 5.22. The lowest BCUT2D eigenvalue weighted by atomic mass is 10.2. The first-order valence-corrected chi connectivity index (χ1v) is 8.74. The molecule has 3 aromatic rings. The first kappa shape index (κ1) is 16.7. The standard InChI is InChI=1S/C18H15N5OS/c1-25-18(20-11-19)22-14-7-8-16-15(9-14)17(24)23(12-21-16)10-13-5-3-2-4-6-13/h2-9,12H,10H2,1H3,(H,20,22). The molecule has 0 spiro atoms. The second-order valence-corrected chi connectivity index (χ2v) is 6.02. The molecule has 1 aromatic heterocycles. The zero-order valence-electron chi connectivity index (χ0n) is 13.5. The molecule has 0 saturated heterocycles. The summed E-state index contributed by atoms with van der Waals surface area (Å²) >= 11 is 1.32. The third-order valence-corrected chi connectivity index (χ3v) is 4.17. The van der Waals surface area contributed by atoms with Gasteiger partial charge in [0.15, 0.2) is 11.4 Å². The van der Waals surface area contributed by atoms with Gasteiger partial charge in [0.2, 0.25) is 0 Å². The van der Waals surface area contributed by atoms with E-state index in [2.05, 4.69) is 15.3 Å². The third kappa shape index (κ3) is 3.87. The van der Waals surface area contributed by atoms with Gasteiger partial charge in [-0.05, 0) is 30.0 Å². The van der Waals surface area contributed by atoms with Gasteiger partial charge < -0.3 is 0 Å². The van der Waals surface area contributed by atoms with E-state index in [9.17, 15) is 4.79 Å². The average Bonchev–Trinajstić information content (AvgIpc) is 2.65. The molecule has 1 heterocycles. The molecule has 0 unspecified atom stereocenters. The summed E-state index contributed by atoms with van der Waals surface area (Å²) in [4.78, 5) is 21.5. The van der Waals surface area contributed by atoms with Crippen molar-refractivity contribution in [2.24, 2.45) is 4.99 Å². The Kier molecular flexibility index (Phi) is 5.11. The number of nitrogens with zero attached hydrogens (tertiary/aromatic N) is 4. The molecular weight excluding hydrogens is 334 g/mol. The molecule has 2 aromatic carbocycles. The lowest BCUT2D eigenvalue weighted by molar-refractivity contribution is 0.748. The van der Waals surface area contributed by atoms with Gasteiger partial charge in [0, 0.05) is 0 Å². The number of nitriles is 1. The maximum Gasteiger partial charge on any atom is 0.261 e. The summed E-state index contributed by atoms with van der Waals surface area (Å²) in [6.45, 7) is 0.460. The number of hydrogen-bond acceptors (Lipinski definition) is 5. The fourth-order valence-electron chi connectivity index (χ4n) is 2.40. The number of hydrogen-bond donors (Lipinski definition) is 1. The Morgan fingerprint density at radius 2 is 2.12 bits per heavy atom. The van der Waals surface area contributed by atoms with Gasteiger partial charge in [-0.25, -0.2) is 9.98 Å². The van der Waals surface area contributed by atoms with Crippen LogP contribution >= 0.6 is 11.8 Å². The number of nitrogens with one attached hydrogen (secondary N) is 1. The van der Waals surface area contributed by atoms with Gasteiger partial charge in [0.1, 0.15) is 0 Å². The Morgan fingerprint density at radius 1 is 1.32 bits per heavy atom. The molecule has 0 aliphatic heterocycles. The predicted molar refractivity (Wildman–Crippen MR) is 101 cm³/mol. The second-order valence-electron chi connectivity index (χ2n) is 5.22. The first-order chi connectivity index (χ1) is 12.2. The van der Waals surface area contributed by atoms with Gasteiger partial charge in [-0.15, -0.1) is 0 Å². The van der Waals surface area contributed by atoms with Crippen molar-refractivity contribution >= 4 is 33.5 Å². The zero-order valence-corrected chi connectivity index (χ0v) is 14.3. The van der Waals surface area contributed by atoms with Crippen LogP contribution in [0.25, 0.3) is 10.9 Å². The highest BCUT2D eigenvalue weighted by atomic mass is 32.2. The van der Waals surface area contributed by atoms with E-state index in [1.54, 1.807) is 29.1 Å². The Morgan fingerprint density at radius 3 is 2.84 bits per heavy atom. The van der Waals surface area contributed by atoms with Crippen molar-refractivity contribution in [3.8, 4) is 6.19 Å². The van der Waals surface area contributed by atoms with Crippen LogP contribution in [0.3, 0.4) is 0 Å². The largest absolute Gasteiger partial charge is 0.294 e. The average molecular weight is 349 g/mol. The lowest BCUT2D eigenvalue weighted by Crippen LogP contribution is -2.21. The molecular formula is C18H15N5OS. The number of aromatic nitrogens is 2. The fourth-order valence-corrected chi connectivity index (χ4v) is 2.74. The van der Waals surface area contributed by atoms with E-state index in [0.29, 0.717) is 28.3 Å². The van der Waals surface area contributed by atoms with Gasteiger partial charge in [-0.2, -0.15) is 5.26 Å². The number of benzene rings is 2. The molecule has 0 aliphatic carbocycles. The van der Waals surface area contributed by atoms with Gasteiger partial charge >= 0.3 is 0 Å². The summed E-state index contributed by atoms with van der Waals surface area (Å²) in [5.74, 6) is 0. The number of aliphatic imine (C=N–C) groups is 1. The van der Waals surface area contributed by atoms with E-state index in [-0.39, 0.29) is 5.56 Å². The predicted octanol–water partition coefficient (Wildman–Crippen LogP) is 2.87. The highest BCUT2D eigenvalue weighted by Gasteiger charge is 2.06. The Bertz CT molecular complexity index is 1020. The summed E-state index contributed by atoms with van der Waals surface area (Å²) in [7, 11) is 0. The minimum Gasteiger partial charge on any atom is -0.294 e. The Hall–Kier alpha value is -3.11. The van der Waals surface area contributed by atoms with Crippen LogP contribution in [0.2, 0.25) is 0 Å². The SMILES string of the molecule is CSC(=Nc1ccc2ncn(Cc3ccccc3)c(=O)c2c1)NC#N. The van der Waals surface area contributed by atoms with Gasteiger partial charge in [0.05, 0.1) is 29.5 Å². The van der Waals surface area contributed by atoms with E-state index >= 15 is 0 Å². The Balaban J connectivity index is 2.02. The molecule has 0 atom stereocenters. The van der Waals surface area contributed by atoms with Gasteiger partial charge in [-0.1, -0.05) is 42.1 Å². The topological polar surface area (TPSA) is 83.1 Å². The van der Waals surface area contributed by atoms with E-state index in [1.807, 2.05) is 42.8 Å². The summed E-state index contributed by atoms with van der Waals surface area (Å²) in [6, 6.07) is 15.0. The molecule has 25 heavy (non-hydrogen) atoms. The quantitative estimate of drug-likeness (QED) is 0.340. The van der Waals surface area contributed by atoms with Crippen LogP contribution < -0.4 is 10.9 Å². The maximum atomic E-state index is 12.8. The number of fused-ring (bicyclic) bond motifs is 1. The smallest absolute Gasteiger partial charge is 0.261 e. The van der Waals surface area contributed by atoms with Crippen LogP contribution in [0, 0.1) is 11.5 Å². The molecule has 0 fully saturated rings. The summed E-state index contributed by atoms with van der Waals surface area (Å²) in [5.41, 5.74) is 2.12. The van der Waals surface area contributed by atoms with E-state index in [4.69, 9.17) is 5.26 Å². The van der Waals surface area contributed by atoms with E-state index in [0.717, 1.165) is 5.56 Å². The van der Waals surface area contributed by atoms with Gasteiger partial charge in [0.25, 0.3) is 5.56 Å². The fraction of sp³-hybridized carbons (Fsp3) is 0.111. The Labute approximate surface area is 148 Å². The molecule has 0 radical (unpaired) electrons. The van der Waals surface area contributed by atoms with Crippen molar-refractivity contribution in [3.63, 3.8) is 0 Å². The van der Waals surface area contributed by atoms with Crippen molar-refractivity contribution in [2.75, 3.05) is 6.26 Å². The van der Waals surface area contributed by atoms with Crippen molar-refractivity contribution in [1.29, 1.82) is 5.26 Å². The molecule has 0 aliphatic rings. The van der Waals surface area contributed by atoms with E-state index in [1.165, 1.54) is 11.8 Å². The van der Waals surface area contributed by atoms with Crippen molar-refractivity contribution in [1.82, 2.24) is 14.9 Å². The number of amidine groups is 1. The molecule has 0 saturated carbocycles. The molecule has 7 heteroatoms. The molecule has 1 N–H and O–H groups in total. The van der Waals surface area contributed by atoms with Crippen LogP contribution in [0.15, 0.2) is 64.6 Å². The zero-order chi connectivity index (χ0) is 17.6. The molecule has 0 bridgehead atoms. The van der Waals surface area contributed by atoms with Crippen molar-refractivity contribution < 1.29 is 0 Å². The summed E-state index contributed by atoms with van der Waals surface area (Å²) in [5, 5.41) is 12.2. The molecule has 6 nitrogen and oxygen atoms in total. The highest BCUT2D eigenvalue weighted by molar-refractivity contribution is 8.13. The monoisotopic (exact) mass is 349 g/mol. The molecule has 3 rings (SSSR count). The van der Waals surface area contributed by atoms with Crippen LogP contribution in [0.4, 0.5) is 5.69 Å². The van der Waals surface area contributed by atoms with Crippen molar-refractivity contribution in [2.45, 2.75) is 6.54 Å². The van der Waals surface area contributed by atoms with E-state index < -0.39 is 0 Å². The minimum absolute atomic E-state index is 0.121. The number of rotatable bonds is 3. The number of thioether (sulfide) groups is 1. The molecule has 0 amide bonds. The summed E-state index contributed by atoms with van der Waals surface area (Å²) < 4.78 is 1.58. The first-order valence-electron chi connectivity index (χ1n) is 7.52. The lowest BCUT2D eigenvalue weighted by Gasteiger charge is -2.07. The van der Waals surface area contributed by atoms with Crippen LogP contribution in [-0.2, 0) is 6.54 Å². The van der Waals surface area contributed by atoms with Crippen LogP contribution in [0.5, 0.6) is 0 Å². The van der Waals surface area contributed by atoms with Gasteiger partial charge in [-0.3, -0.25) is 14.7 Å². The van der Waals surface area contributed by atoms with Crippen LogP contribution in [-0.4, -0.2) is 21.0 Å². The normalized spacial score (nSPS) is 11.3. The molecule has 124 valence electrons. The third-order valence-electron chi connectivity index (χ3n) is 3.59.